The molecule has 0 atom stereocenters. The van der Waals surface area contributed by atoms with Crippen LogP contribution in [0, 0.1) is 5.82 Å². The van der Waals surface area contributed by atoms with Gasteiger partial charge in [0.2, 0.25) is 0 Å². The average molecular weight is 252 g/mol. The number of carbonyl (C=O) groups is 2. The summed E-state index contributed by atoms with van der Waals surface area (Å²) in [6, 6.07) is 5.52. The van der Waals surface area contributed by atoms with Gasteiger partial charge in [-0.15, -0.1) is 0 Å². The number of halogens is 1. The van der Waals surface area contributed by atoms with Gasteiger partial charge in [0.15, 0.2) is 0 Å². The number of benzene rings is 1. The van der Waals surface area contributed by atoms with E-state index in [0.717, 1.165) is 0 Å². The summed E-state index contributed by atoms with van der Waals surface area (Å²) in [6.07, 6.45) is 1.27. The van der Waals surface area contributed by atoms with E-state index in [1.165, 1.54) is 44.6 Å². The van der Waals surface area contributed by atoms with E-state index in [4.69, 9.17) is 0 Å². The van der Waals surface area contributed by atoms with Crippen molar-refractivity contribution < 1.29 is 23.5 Å². The van der Waals surface area contributed by atoms with Crippen LogP contribution in [0.4, 0.5) is 4.39 Å². The van der Waals surface area contributed by atoms with Crippen molar-refractivity contribution in [2.75, 3.05) is 14.2 Å². The summed E-state index contributed by atoms with van der Waals surface area (Å²) < 4.78 is 21.8. The van der Waals surface area contributed by atoms with Crippen molar-refractivity contribution in [3.8, 4) is 0 Å². The number of hydrogen-bond acceptors (Lipinski definition) is 4. The molecule has 96 valence electrons. The zero-order valence-corrected chi connectivity index (χ0v) is 10.1. The van der Waals surface area contributed by atoms with Crippen molar-refractivity contribution in [1.82, 2.24) is 0 Å². The van der Waals surface area contributed by atoms with E-state index in [9.17, 15) is 14.0 Å². The molecule has 0 saturated heterocycles. The number of methoxy groups -OCH3 is 2. The van der Waals surface area contributed by atoms with Gasteiger partial charge in [0.25, 0.3) is 0 Å². The van der Waals surface area contributed by atoms with Crippen molar-refractivity contribution in [2.45, 2.75) is 6.42 Å². The first-order valence-corrected chi connectivity index (χ1v) is 5.18. The van der Waals surface area contributed by atoms with Gasteiger partial charge in [-0.3, -0.25) is 4.79 Å². The molecule has 1 aromatic carbocycles. The predicted molar refractivity (Wildman–Crippen MR) is 63.0 cm³/mol. The summed E-state index contributed by atoms with van der Waals surface area (Å²) in [5, 5.41) is 0. The SMILES string of the molecule is COC(=O)CC(=Cc1ccc(F)cc1)C(=O)OC. The third kappa shape index (κ3) is 4.01. The van der Waals surface area contributed by atoms with E-state index in [1.54, 1.807) is 0 Å². The van der Waals surface area contributed by atoms with E-state index < -0.39 is 11.9 Å². The Balaban J connectivity index is 2.98. The number of esters is 2. The maximum Gasteiger partial charge on any atom is 0.334 e. The fourth-order valence-corrected chi connectivity index (χ4v) is 1.30. The van der Waals surface area contributed by atoms with Gasteiger partial charge in [-0.1, -0.05) is 12.1 Å². The summed E-state index contributed by atoms with van der Waals surface area (Å²) >= 11 is 0. The topological polar surface area (TPSA) is 52.6 Å². The quantitative estimate of drug-likeness (QED) is 0.607. The molecule has 4 nitrogen and oxygen atoms in total. The molecule has 18 heavy (non-hydrogen) atoms. The molecule has 0 amide bonds. The van der Waals surface area contributed by atoms with Gasteiger partial charge in [-0.25, -0.2) is 9.18 Å². The van der Waals surface area contributed by atoms with Gasteiger partial charge in [-0.05, 0) is 23.8 Å². The predicted octanol–water partition coefficient (Wildman–Crippen LogP) is 1.95. The molecular formula is C13H13FO4. The van der Waals surface area contributed by atoms with Gasteiger partial charge in [0.1, 0.15) is 5.82 Å². The highest BCUT2D eigenvalue weighted by Crippen LogP contribution is 2.13. The highest BCUT2D eigenvalue weighted by molar-refractivity contribution is 5.98. The Labute approximate surface area is 104 Å². The minimum absolute atomic E-state index is 0.149. The lowest BCUT2D eigenvalue weighted by Gasteiger charge is -2.04. The van der Waals surface area contributed by atoms with Crippen LogP contribution in [-0.2, 0) is 19.1 Å². The van der Waals surface area contributed by atoms with Crippen LogP contribution in [0.2, 0.25) is 0 Å². The lowest BCUT2D eigenvalue weighted by molar-refractivity contribution is -0.143. The van der Waals surface area contributed by atoms with Crippen LogP contribution in [0.3, 0.4) is 0 Å². The zero-order valence-electron chi connectivity index (χ0n) is 10.1. The van der Waals surface area contributed by atoms with Crippen LogP contribution in [0.1, 0.15) is 12.0 Å². The van der Waals surface area contributed by atoms with Gasteiger partial charge in [0, 0.05) is 5.57 Å². The summed E-state index contributed by atoms with van der Waals surface area (Å²) in [5.74, 6) is -1.54. The van der Waals surface area contributed by atoms with Crippen molar-refractivity contribution in [2.24, 2.45) is 0 Å². The smallest absolute Gasteiger partial charge is 0.334 e. The van der Waals surface area contributed by atoms with E-state index in [1.807, 2.05) is 0 Å². The van der Waals surface area contributed by atoms with E-state index in [-0.39, 0.29) is 17.8 Å². The molecule has 0 aromatic heterocycles. The van der Waals surface area contributed by atoms with Crippen LogP contribution in [0.25, 0.3) is 6.08 Å². The molecule has 0 aliphatic heterocycles. The van der Waals surface area contributed by atoms with Gasteiger partial charge >= 0.3 is 11.9 Å². The Hall–Kier alpha value is -2.17. The number of rotatable bonds is 4. The molecule has 0 spiro atoms. The van der Waals surface area contributed by atoms with Gasteiger partial charge < -0.3 is 9.47 Å². The second-order valence-electron chi connectivity index (χ2n) is 3.47. The molecule has 0 N–H and O–H groups in total. The highest BCUT2D eigenvalue weighted by Gasteiger charge is 2.14. The van der Waals surface area contributed by atoms with Crippen LogP contribution in [-0.4, -0.2) is 26.2 Å². The minimum atomic E-state index is -0.621. The molecule has 0 radical (unpaired) electrons. The highest BCUT2D eigenvalue weighted by atomic mass is 19.1. The Morgan fingerprint density at radius 1 is 1.17 bits per heavy atom. The molecule has 0 aliphatic carbocycles. The molecule has 1 rings (SSSR count). The molecule has 0 fully saturated rings. The first-order chi connectivity index (χ1) is 8.56. The molecule has 0 bridgehead atoms. The van der Waals surface area contributed by atoms with Crippen molar-refractivity contribution in [1.29, 1.82) is 0 Å². The molecule has 0 saturated carbocycles. The lowest BCUT2D eigenvalue weighted by Crippen LogP contribution is -2.10. The standard InChI is InChI=1S/C13H13FO4/c1-17-12(15)8-10(13(16)18-2)7-9-3-5-11(14)6-4-9/h3-7H,8H2,1-2H3. The van der Waals surface area contributed by atoms with E-state index >= 15 is 0 Å². The number of hydrogen-bond donors (Lipinski definition) is 0. The normalized spacial score (nSPS) is 10.9. The number of ether oxygens (including phenoxy) is 2. The molecule has 0 aliphatic rings. The van der Waals surface area contributed by atoms with Gasteiger partial charge in [-0.2, -0.15) is 0 Å². The second-order valence-corrected chi connectivity index (χ2v) is 3.47. The molecule has 0 heterocycles. The number of carbonyl (C=O) groups excluding carboxylic acids is 2. The molecule has 1 aromatic rings. The summed E-state index contributed by atoms with van der Waals surface area (Å²) in [7, 11) is 2.45. The molecular weight excluding hydrogens is 239 g/mol. The maximum atomic E-state index is 12.7. The Kier molecular flexibility index (Phi) is 5.05. The monoisotopic (exact) mass is 252 g/mol. The first-order valence-electron chi connectivity index (χ1n) is 5.18. The van der Waals surface area contributed by atoms with Crippen molar-refractivity contribution in [3.63, 3.8) is 0 Å². The first kappa shape index (κ1) is 13.9. The van der Waals surface area contributed by atoms with Crippen molar-refractivity contribution >= 4 is 18.0 Å². The van der Waals surface area contributed by atoms with Crippen molar-refractivity contribution in [3.05, 3.63) is 41.2 Å². The van der Waals surface area contributed by atoms with Crippen LogP contribution in [0.15, 0.2) is 29.8 Å². The minimum Gasteiger partial charge on any atom is -0.469 e. The summed E-state index contributed by atoms with van der Waals surface area (Å²) in [6.45, 7) is 0. The third-order valence-electron chi connectivity index (χ3n) is 2.22. The Morgan fingerprint density at radius 3 is 2.28 bits per heavy atom. The third-order valence-corrected chi connectivity index (χ3v) is 2.22. The largest absolute Gasteiger partial charge is 0.469 e. The average Bonchev–Trinajstić information content (AvgIpc) is 2.39. The van der Waals surface area contributed by atoms with Crippen LogP contribution in [0.5, 0.6) is 0 Å². The summed E-state index contributed by atoms with van der Waals surface area (Å²) in [4.78, 5) is 22.6. The Morgan fingerprint density at radius 2 is 1.78 bits per heavy atom. The van der Waals surface area contributed by atoms with Crippen LogP contribution >= 0.6 is 0 Å². The van der Waals surface area contributed by atoms with E-state index in [2.05, 4.69) is 9.47 Å². The van der Waals surface area contributed by atoms with Gasteiger partial charge in [0.05, 0.1) is 20.6 Å². The maximum absolute atomic E-state index is 12.7. The summed E-state index contributed by atoms with van der Waals surface area (Å²) in [5.41, 5.74) is 0.747. The zero-order chi connectivity index (χ0) is 13.5. The molecule has 5 heteroatoms. The second kappa shape index (κ2) is 6.54. The van der Waals surface area contributed by atoms with E-state index in [0.29, 0.717) is 5.56 Å². The lowest BCUT2D eigenvalue weighted by atomic mass is 10.1. The fraction of sp³-hybridized carbons (Fsp3) is 0.231. The molecule has 0 unspecified atom stereocenters. The fourth-order valence-electron chi connectivity index (χ4n) is 1.30. The van der Waals surface area contributed by atoms with Crippen LogP contribution < -0.4 is 0 Å². The Bertz CT molecular complexity index is 462.